The van der Waals surface area contributed by atoms with Crippen LogP contribution in [0.4, 0.5) is 11.4 Å². The van der Waals surface area contributed by atoms with E-state index in [2.05, 4.69) is 0 Å². The number of hydrogen-bond acceptors (Lipinski definition) is 6. The molecule has 0 fully saturated rings. The van der Waals surface area contributed by atoms with E-state index in [0.717, 1.165) is 14.9 Å². The highest BCUT2D eigenvalue weighted by Crippen LogP contribution is 2.31. The molecular formula is C21H25N3O6S2. The summed E-state index contributed by atoms with van der Waals surface area (Å²) in [4.78, 5) is 26.3. The minimum atomic E-state index is -3.81. The molecule has 0 bridgehead atoms. The van der Waals surface area contributed by atoms with Gasteiger partial charge in [0.2, 0.25) is 26.0 Å². The topological polar surface area (TPSA) is 112 Å². The largest absolute Gasteiger partial charge is 0.310 e. The second-order valence-corrected chi connectivity index (χ2v) is 11.8. The Bertz CT molecular complexity index is 1290. The molecule has 0 unspecified atom stereocenters. The Morgan fingerprint density at radius 3 is 2.31 bits per heavy atom. The predicted octanol–water partition coefficient (Wildman–Crippen LogP) is 1.49. The predicted molar refractivity (Wildman–Crippen MR) is 122 cm³/mol. The smallest absolute Gasteiger partial charge is 0.247 e. The van der Waals surface area contributed by atoms with Gasteiger partial charge in [-0.15, -0.1) is 0 Å². The lowest BCUT2D eigenvalue weighted by molar-refractivity contribution is -0.117. The summed E-state index contributed by atoms with van der Waals surface area (Å²) in [6, 6.07) is 10.6. The third-order valence-electron chi connectivity index (χ3n) is 5.25. The van der Waals surface area contributed by atoms with E-state index >= 15 is 0 Å². The van der Waals surface area contributed by atoms with Crippen molar-refractivity contribution in [3.63, 3.8) is 0 Å². The third kappa shape index (κ3) is 4.69. The zero-order chi connectivity index (χ0) is 23.8. The van der Waals surface area contributed by atoms with Crippen LogP contribution in [0.1, 0.15) is 22.8 Å². The Kier molecular flexibility index (Phi) is 6.45. The first kappa shape index (κ1) is 23.9. The third-order valence-corrected chi connectivity index (χ3v) is 8.20. The van der Waals surface area contributed by atoms with Gasteiger partial charge in [0.15, 0.2) is 5.78 Å². The Morgan fingerprint density at radius 2 is 1.72 bits per heavy atom. The van der Waals surface area contributed by atoms with Crippen molar-refractivity contribution in [1.82, 2.24) is 4.31 Å². The van der Waals surface area contributed by atoms with Gasteiger partial charge < -0.3 is 4.90 Å². The second-order valence-electron chi connectivity index (χ2n) is 7.75. The quantitative estimate of drug-likeness (QED) is 0.556. The Hall–Kier alpha value is -2.76. The van der Waals surface area contributed by atoms with Crippen LogP contribution in [0.25, 0.3) is 0 Å². The molecule has 0 spiro atoms. The molecule has 0 atom stereocenters. The molecule has 1 heterocycles. The Labute approximate surface area is 188 Å². The first-order chi connectivity index (χ1) is 14.8. The van der Waals surface area contributed by atoms with E-state index in [9.17, 15) is 26.4 Å². The van der Waals surface area contributed by atoms with Crippen molar-refractivity contribution in [3.8, 4) is 0 Å². The monoisotopic (exact) mass is 479 g/mol. The summed E-state index contributed by atoms with van der Waals surface area (Å²) in [5, 5.41) is 0. The maximum absolute atomic E-state index is 13.1. The van der Waals surface area contributed by atoms with Gasteiger partial charge in [0.05, 0.1) is 16.8 Å². The molecule has 1 amide bonds. The molecule has 1 aliphatic rings. The van der Waals surface area contributed by atoms with Gasteiger partial charge >= 0.3 is 0 Å². The number of fused-ring (bicyclic) bond motifs is 1. The molecular weight excluding hydrogens is 454 g/mol. The minimum absolute atomic E-state index is 0.134. The number of carbonyl (C=O) groups is 2. The molecule has 0 N–H and O–H groups in total. The van der Waals surface area contributed by atoms with E-state index in [4.69, 9.17) is 0 Å². The maximum atomic E-state index is 13.1. The van der Waals surface area contributed by atoms with E-state index in [1.54, 1.807) is 24.3 Å². The van der Waals surface area contributed by atoms with Gasteiger partial charge in [0, 0.05) is 31.9 Å². The van der Waals surface area contributed by atoms with E-state index in [1.807, 2.05) is 0 Å². The number of ketones is 1. The molecule has 2 aromatic carbocycles. The SMILES string of the molecule is CC(=O)c1cccc(N(CC(=O)N2CCc3cc(S(=O)(=O)N(C)C)ccc32)S(C)(=O)=O)c1. The van der Waals surface area contributed by atoms with Crippen molar-refractivity contribution < 1.29 is 26.4 Å². The van der Waals surface area contributed by atoms with E-state index < -0.39 is 32.5 Å². The number of Topliss-reactive ketones (excluding diaryl/α,β-unsaturated/α-hetero) is 1. The van der Waals surface area contributed by atoms with Gasteiger partial charge in [0.1, 0.15) is 6.54 Å². The second kappa shape index (κ2) is 8.64. The molecule has 9 nitrogen and oxygen atoms in total. The van der Waals surface area contributed by atoms with Gasteiger partial charge in [-0.1, -0.05) is 12.1 Å². The van der Waals surface area contributed by atoms with Gasteiger partial charge in [-0.25, -0.2) is 21.1 Å². The fourth-order valence-electron chi connectivity index (χ4n) is 3.50. The first-order valence-electron chi connectivity index (χ1n) is 9.77. The van der Waals surface area contributed by atoms with Gasteiger partial charge in [-0.2, -0.15) is 0 Å². The molecule has 3 rings (SSSR count). The summed E-state index contributed by atoms with van der Waals surface area (Å²) in [5.41, 5.74) is 1.81. The van der Waals surface area contributed by atoms with E-state index in [1.165, 1.54) is 44.1 Å². The van der Waals surface area contributed by atoms with Gasteiger partial charge in [-0.3, -0.25) is 13.9 Å². The molecule has 0 aromatic heterocycles. The summed E-state index contributed by atoms with van der Waals surface area (Å²) < 4.78 is 51.7. The molecule has 0 radical (unpaired) electrons. The average molecular weight is 480 g/mol. The standard InChI is InChI=1S/C21H25N3O6S2/c1-15(25)16-6-5-7-18(12-16)24(31(4,27)28)14-21(26)23-11-10-17-13-19(8-9-20(17)23)32(29,30)22(2)3/h5-9,12-13H,10-11,14H2,1-4H3. The molecule has 1 aliphatic heterocycles. The Balaban J connectivity index is 1.90. The average Bonchev–Trinajstić information content (AvgIpc) is 3.14. The van der Waals surface area contributed by atoms with Crippen LogP contribution in [-0.2, 0) is 31.3 Å². The van der Waals surface area contributed by atoms with Crippen molar-refractivity contribution >= 4 is 43.1 Å². The van der Waals surface area contributed by atoms with Crippen LogP contribution in [0, 0.1) is 0 Å². The first-order valence-corrected chi connectivity index (χ1v) is 13.1. The fourth-order valence-corrected chi connectivity index (χ4v) is 5.29. The molecule has 2 aromatic rings. The summed E-state index contributed by atoms with van der Waals surface area (Å²) in [6.45, 7) is 1.24. The van der Waals surface area contributed by atoms with Crippen molar-refractivity contribution in [2.24, 2.45) is 0 Å². The number of carbonyl (C=O) groups excluding carboxylic acids is 2. The lowest BCUT2D eigenvalue weighted by Crippen LogP contribution is -2.42. The number of benzene rings is 2. The Morgan fingerprint density at radius 1 is 1.03 bits per heavy atom. The summed E-state index contributed by atoms with van der Waals surface area (Å²) >= 11 is 0. The van der Waals surface area contributed by atoms with Crippen molar-refractivity contribution in [3.05, 3.63) is 53.6 Å². The van der Waals surface area contributed by atoms with Gasteiger partial charge in [-0.05, 0) is 49.2 Å². The van der Waals surface area contributed by atoms with Crippen molar-refractivity contribution in [1.29, 1.82) is 0 Å². The number of anilines is 2. The van der Waals surface area contributed by atoms with Crippen LogP contribution in [0.2, 0.25) is 0 Å². The highest BCUT2D eigenvalue weighted by atomic mass is 32.2. The van der Waals surface area contributed by atoms with E-state index in [-0.39, 0.29) is 16.4 Å². The number of amides is 1. The number of sulfonamides is 2. The van der Waals surface area contributed by atoms with Crippen LogP contribution in [0.15, 0.2) is 47.4 Å². The maximum Gasteiger partial charge on any atom is 0.247 e. The highest BCUT2D eigenvalue weighted by molar-refractivity contribution is 7.92. The summed E-state index contributed by atoms with van der Waals surface area (Å²) in [7, 11) is -4.53. The van der Waals surface area contributed by atoms with Crippen molar-refractivity contribution in [2.45, 2.75) is 18.2 Å². The molecule has 32 heavy (non-hydrogen) atoms. The summed E-state index contributed by atoms with van der Waals surface area (Å²) in [5.74, 6) is -0.672. The molecule has 0 saturated carbocycles. The normalized spacial score (nSPS) is 13.8. The molecule has 0 aliphatic carbocycles. The van der Waals surface area contributed by atoms with Crippen molar-refractivity contribution in [2.75, 3.05) is 42.6 Å². The summed E-state index contributed by atoms with van der Waals surface area (Å²) in [6.07, 6.45) is 1.45. The van der Waals surface area contributed by atoms with Gasteiger partial charge in [0.25, 0.3) is 0 Å². The van der Waals surface area contributed by atoms with Crippen LogP contribution < -0.4 is 9.21 Å². The van der Waals surface area contributed by atoms with Crippen LogP contribution >= 0.6 is 0 Å². The van der Waals surface area contributed by atoms with E-state index in [0.29, 0.717) is 29.8 Å². The molecule has 0 saturated heterocycles. The zero-order valence-electron chi connectivity index (χ0n) is 18.3. The highest BCUT2D eigenvalue weighted by Gasteiger charge is 2.30. The lowest BCUT2D eigenvalue weighted by atomic mass is 10.1. The van der Waals surface area contributed by atoms with Crippen LogP contribution in [-0.4, -0.2) is 66.3 Å². The minimum Gasteiger partial charge on any atom is -0.310 e. The fraction of sp³-hybridized carbons (Fsp3) is 0.333. The number of nitrogens with zero attached hydrogens (tertiary/aromatic N) is 3. The molecule has 11 heteroatoms. The lowest BCUT2D eigenvalue weighted by Gasteiger charge is -2.25. The van der Waals surface area contributed by atoms with Crippen LogP contribution in [0.3, 0.4) is 0 Å². The number of rotatable bonds is 7. The molecule has 172 valence electrons. The van der Waals surface area contributed by atoms with Crippen LogP contribution in [0.5, 0.6) is 0 Å². The zero-order valence-corrected chi connectivity index (χ0v) is 19.9. The number of hydrogen-bond donors (Lipinski definition) is 0.